The zero-order valence-electron chi connectivity index (χ0n) is 7.56. The highest BCUT2D eigenvalue weighted by Gasteiger charge is 2.18. The summed E-state index contributed by atoms with van der Waals surface area (Å²) in [5.41, 5.74) is 1.76. The van der Waals surface area contributed by atoms with E-state index in [1.165, 1.54) is 0 Å². The molecule has 1 aromatic carbocycles. The van der Waals surface area contributed by atoms with Gasteiger partial charge in [0, 0.05) is 11.0 Å². The van der Waals surface area contributed by atoms with Crippen molar-refractivity contribution in [3.63, 3.8) is 0 Å². The molecule has 14 heavy (non-hydrogen) atoms. The lowest BCUT2D eigenvalue weighted by Crippen LogP contribution is -2.33. The minimum atomic E-state index is -0.196. The molecule has 0 unspecified atom stereocenters. The fourth-order valence-electron chi connectivity index (χ4n) is 1.41. The molecule has 0 bridgehead atoms. The first kappa shape index (κ1) is 9.33. The van der Waals surface area contributed by atoms with E-state index in [0.717, 1.165) is 15.7 Å². The summed E-state index contributed by atoms with van der Waals surface area (Å²) in [6.45, 7) is 0.525. The summed E-state index contributed by atoms with van der Waals surface area (Å²) in [6.07, 6.45) is 0. The second-order valence-electron chi connectivity index (χ2n) is 2.95. The van der Waals surface area contributed by atoms with Crippen molar-refractivity contribution >= 4 is 27.6 Å². The van der Waals surface area contributed by atoms with Gasteiger partial charge < -0.3 is 15.4 Å². The Morgan fingerprint density at radius 1 is 1.50 bits per heavy atom. The van der Waals surface area contributed by atoms with Gasteiger partial charge in [-0.3, -0.25) is 0 Å². The van der Waals surface area contributed by atoms with Crippen LogP contribution in [0.25, 0.3) is 0 Å². The van der Waals surface area contributed by atoms with Gasteiger partial charge in [-0.2, -0.15) is 0 Å². The van der Waals surface area contributed by atoms with Crippen molar-refractivity contribution in [3.8, 4) is 5.75 Å². The van der Waals surface area contributed by atoms with Crippen LogP contribution >= 0.6 is 15.9 Å². The fourth-order valence-corrected chi connectivity index (χ4v) is 1.90. The quantitative estimate of drug-likeness (QED) is 0.809. The molecule has 0 radical (unpaired) electrons. The first-order valence-electron chi connectivity index (χ1n) is 4.12. The van der Waals surface area contributed by atoms with E-state index >= 15 is 0 Å². The zero-order chi connectivity index (χ0) is 10.1. The number of fused-ring (bicyclic) bond motifs is 1. The molecule has 1 heterocycles. The number of hydrogen-bond donors (Lipinski definition) is 2. The number of anilines is 1. The fraction of sp³-hybridized carbons (Fsp3) is 0.222. The van der Waals surface area contributed by atoms with Crippen LogP contribution in [-0.4, -0.2) is 13.1 Å². The van der Waals surface area contributed by atoms with E-state index < -0.39 is 0 Å². The summed E-state index contributed by atoms with van der Waals surface area (Å²) in [6, 6.07) is 3.58. The van der Waals surface area contributed by atoms with Crippen LogP contribution in [0.1, 0.15) is 5.56 Å². The number of carbonyl (C=O) groups excluding carboxylic acids is 1. The number of halogens is 1. The van der Waals surface area contributed by atoms with Crippen LogP contribution < -0.4 is 15.4 Å². The first-order valence-corrected chi connectivity index (χ1v) is 4.91. The second kappa shape index (κ2) is 3.49. The third-order valence-corrected chi connectivity index (χ3v) is 2.50. The Morgan fingerprint density at radius 2 is 2.29 bits per heavy atom. The van der Waals surface area contributed by atoms with Crippen LogP contribution in [0.2, 0.25) is 0 Å². The van der Waals surface area contributed by atoms with Gasteiger partial charge in [-0.1, -0.05) is 15.9 Å². The van der Waals surface area contributed by atoms with Crippen LogP contribution in [-0.2, 0) is 6.54 Å². The number of ether oxygens (including phenoxy) is 1. The number of benzene rings is 1. The zero-order valence-corrected chi connectivity index (χ0v) is 9.14. The van der Waals surface area contributed by atoms with E-state index in [2.05, 4.69) is 26.6 Å². The standard InChI is InChI=1S/C9H9BrN2O2/c1-14-7-3-6(10)2-5-4-11-9(13)12-8(5)7/h2-3H,4H2,1H3,(H2,11,12,13). The van der Waals surface area contributed by atoms with E-state index in [-0.39, 0.29) is 6.03 Å². The Hall–Kier alpha value is -1.23. The lowest BCUT2D eigenvalue weighted by molar-refractivity contribution is 0.250. The largest absolute Gasteiger partial charge is 0.495 e. The van der Waals surface area contributed by atoms with Crippen molar-refractivity contribution in [2.24, 2.45) is 0 Å². The van der Waals surface area contributed by atoms with Crippen molar-refractivity contribution in [3.05, 3.63) is 22.2 Å². The van der Waals surface area contributed by atoms with Crippen LogP contribution in [0.5, 0.6) is 5.75 Å². The monoisotopic (exact) mass is 256 g/mol. The molecule has 1 aliphatic rings. The third-order valence-electron chi connectivity index (χ3n) is 2.05. The predicted octanol–water partition coefficient (Wildman–Crippen LogP) is 2.09. The average Bonchev–Trinajstić information content (AvgIpc) is 2.17. The molecule has 1 aromatic rings. The maximum Gasteiger partial charge on any atom is 0.319 e. The Kier molecular flexibility index (Phi) is 2.33. The van der Waals surface area contributed by atoms with Crippen LogP contribution in [0, 0.1) is 0 Å². The number of carbonyl (C=O) groups is 1. The molecular formula is C9H9BrN2O2. The molecule has 0 aliphatic carbocycles. The highest BCUT2D eigenvalue weighted by atomic mass is 79.9. The maximum atomic E-state index is 11.1. The molecule has 4 nitrogen and oxygen atoms in total. The van der Waals surface area contributed by atoms with Crippen molar-refractivity contribution in [2.45, 2.75) is 6.54 Å². The van der Waals surface area contributed by atoms with Gasteiger partial charge in [0.1, 0.15) is 5.75 Å². The number of nitrogens with one attached hydrogen (secondary N) is 2. The van der Waals surface area contributed by atoms with Gasteiger partial charge in [-0.25, -0.2) is 4.79 Å². The minimum Gasteiger partial charge on any atom is -0.495 e. The number of urea groups is 1. The smallest absolute Gasteiger partial charge is 0.319 e. The topological polar surface area (TPSA) is 50.4 Å². The molecule has 0 spiro atoms. The van der Waals surface area contributed by atoms with E-state index in [1.54, 1.807) is 7.11 Å². The van der Waals surface area contributed by atoms with Crippen LogP contribution in [0.3, 0.4) is 0 Å². The molecule has 0 atom stereocenters. The SMILES string of the molecule is COc1cc(Br)cc2c1NC(=O)NC2. The van der Waals surface area contributed by atoms with Crippen LogP contribution in [0.4, 0.5) is 10.5 Å². The molecule has 0 fully saturated rings. The lowest BCUT2D eigenvalue weighted by Gasteiger charge is -2.20. The van der Waals surface area contributed by atoms with Crippen molar-refractivity contribution in [1.82, 2.24) is 5.32 Å². The average molecular weight is 257 g/mol. The summed E-state index contributed by atoms with van der Waals surface area (Å²) < 4.78 is 6.11. The highest BCUT2D eigenvalue weighted by molar-refractivity contribution is 9.10. The number of hydrogen-bond acceptors (Lipinski definition) is 2. The van der Waals surface area contributed by atoms with E-state index in [1.807, 2.05) is 12.1 Å². The number of amides is 2. The summed E-state index contributed by atoms with van der Waals surface area (Å²) in [4.78, 5) is 11.1. The van der Waals surface area contributed by atoms with Gasteiger partial charge in [0.2, 0.25) is 0 Å². The Balaban J connectivity index is 2.52. The van der Waals surface area contributed by atoms with Crippen molar-refractivity contribution in [2.75, 3.05) is 12.4 Å². The van der Waals surface area contributed by atoms with E-state index in [4.69, 9.17) is 4.74 Å². The maximum absolute atomic E-state index is 11.1. The predicted molar refractivity (Wildman–Crippen MR) is 56.6 cm³/mol. The van der Waals surface area contributed by atoms with Gasteiger partial charge in [-0.05, 0) is 17.7 Å². The molecule has 2 amide bonds. The molecule has 5 heteroatoms. The Bertz CT molecular complexity index is 375. The number of methoxy groups -OCH3 is 1. The van der Waals surface area contributed by atoms with Gasteiger partial charge in [0.25, 0.3) is 0 Å². The molecule has 0 aromatic heterocycles. The van der Waals surface area contributed by atoms with E-state index in [9.17, 15) is 4.79 Å². The van der Waals surface area contributed by atoms with Crippen molar-refractivity contribution < 1.29 is 9.53 Å². The molecule has 1 aliphatic heterocycles. The summed E-state index contributed by atoms with van der Waals surface area (Å²) in [7, 11) is 1.58. The highest BCUT2D eigenvalue weighted by Crippen LogP contribution is 2.33. The number of rotatable bonds is 1. The Morgan fingerprint density at radius 3 is 3.00 bits per heavy atom. The van der Waals surface area contributed by atoms with Crippen LogP contribution in [0.15, 0.2) is 16.6 Å². The lowest BCUT2D eigenvalue weighted by atomic mass is 10.1. The van der Waals surface area contributed by atoms with Gasteiger partial charge in [-0.15, -0.1) is 0 Å². The summed E-state index contributed by atoms with van der Waals surface area (Å²) in [5.74, 6) is 0.671. The summed E-state index contributed by atoms with van der Waals surface area (Å²) >= 11 is 3.38. The third kappa shape index (κ3) is 1.55. The molecule has 0 saturated heterocycles. The molecule has 74 valence electrons. The minimum absolute atomic E-state index is 0.196. The molecular weight excluding hydrogens is 248 g/mol. The molecule has 2 rings (SSSR count). The van der Waals surface area contributed by atoms with Gasteiger partial charge >= 0.3 is 6.03 Å². The van der Waals surface area contributed by atoms with Gasteiger partial charge in [0.05, 0.1) is 12.8 Å². The van der Waals surface area contributed by atoms with Crippen molar-refractivity contribution in [1.29, 1.82) is 0 Å². The molecule has 2 N–H and O–H groups in total. The summed E-state index contributed by atoms with van der Waals surface area (Å²) in [5, 5.41) is 5.40. The first-order chi connectivity index (χ1) is 6.70. The van der Waals surface area contributed by atoms with Gasteiger partial charge in [0.15, 0.2) is 0 Å². The molecule has 0 saturated carbocycles. The normalized spacial score (nSPS) is 14.0. The second-order valence-corrected chi connectivity index (χ2v) is 3.87. The Labute approximate surface area is 89.8 Å². The van der Waals surface area contributed by atoms with E-state index in [0.29, 0.717) is 12.3 Å².